The highest BCUT2D eigenvalue weighted by Gasteiger charge is 2.13. The third-order valence-corrected chi connectivity index (χ3v) is 3.74. The molecule has 21 heavy (non-hydrogen) atoms. The molecule has 0 bridgehead atoms. The van der Waals surface area contributed by atoms with Crippen molar-refractivity contribution < 1.29 is 4.39 Å². The van der Waals surface area contributed by atoms with Crippen LogP contribution in [0.1, 0.15) is 30.9 Å². The fraction of sp³-hybridized carbons (Fsp3) is 0.333. The number of hydrogen-bond donors (Lipinski definition) is 1. The summed E-state index contributed by atoms with van der Waals surface area (Å²) in [7, 11) is 0. The van der Waals surface area contributed by atoms with Gasteiger partial charge in [0.15, 0.2) is 0 Å². The molecule has 0 heterocycles. The van der Waals surface area contributed by atoms with Crippen LogP contribution in [0.2, 0.25) is 5.02 Å². The van der Waals surface area contributed by atoms with E-state index in [0.29, 0.717) is 12.0 Å². The first-order valence-electron chi connectivity index (χ1n) is 7.28. The molecule has 2 aromatic rings. The van der Waals surface area contributed by atoms with Gasteiger partial charge >= 0.3 is 0 Å². The number of nitrogens with one attached hydrogen (secondary N) is 1. The molecule has 0 amide bonds. The molecular formula is C18H21ClFN. The summed E-state index contributed by atoms with van der Waals surface area (Å²) in [5.41, 5.74) is 2.23. The zero-order chi connectivity index (χ0) is 15.2. The average molecular weight is 306 g/mol. The highest BCUT2D eigenvalue weighted by molar-refractivity contribution is 6.30. The van der Waals surface area contributed by atoms with Crippen LogP contribution in [0, 0.1) is 5.82 Å². The molecule has 2 aromatic carbocycles. The average Bonchev–Trinajstić information content (AvgIpc) is 2.44. The van der Waals surface area contributed by atoms with Crippen LogP contribution in [-0.4, -0.2) is 12.6 Å². The second-order valence-electron chi connectivity index (χ2n) is 5.65. The molecule has 1 atom stereocenters. The zero-order valence-electron chi connectivity index (χ0n) is 12.4. The SMILES string of the molecule is CC(C)NCC(Cc1cccc(F)c1)c1ccc(Cl)cc1. The molecule has 1 unspecified atom stereocenters. The van der Waals surface area contributed by atoms with Crippen molar-refractivity contribution >= 4 is 11.6 Å². The van der Waals surface area contributed by atoms with Crippen molar-refractivity contribution in [2.45, 2.75) is 32.2 Å². The van der Waals surface area contributed by atoms with Gasteiger partial charge in [-0.3, -0.25) is 0 Å². The molecule has 0 aromatic heterocycles. The van der Waals surface area contributed by atoms with Crippen molar-refractivity contribution in [1.29, 1.82) is 0 Å². The van der Waals surface area contributed by atoms with Gasteiger partial charge in [-0.15, -0.1) is 0 Å². The van der Waals surface area contributed by atoms with Crippen LogP contribution in [0.5, 0.6) is 0 Å². The van der Waals surface area contributed by atoms with E-state index in [1.807, 2.05) is 30.3 Å². The lowest BCUT2D eigenvalue weighted by molar-refractivity contribution is 0.525. The second kappa shape index (κ2) is 7.58. The van der Waals surface area contributed by atoms with Crippen molar-refractivity contribution in [3.05, 3.63) is 70.5 Å². The van der Waals surface area contributed by atoms with Crippen LogP contribution in [0.15, 0.2) is 48.5 Å². The molecule has 0 aliphatic carbocycles. The van der Waals surface area contributed by atoms with Crippen LogP contribution in [0.3, 0.4) is 0 Å². The maximum Gasteiger partial charge on any atom is 0.123 e. The molecule has 1 nitrogen and oxygen atoms in total. The quantitative estimate of drug-likeness (QED) is 0.808. The Morgan fingerprint density at radius 1 is 1.10 bits per heavy atom. The lowest BCUT2D eigenvalue weighted by atomic mass is 9.91. The number of benzene rings is 2. The van der Waals surface area contributed by atoms with Gasteiger partial charge in [-0.1, -0.05) is 49.7 Å². The smallest absolute Gasteiger partial charge is 0.123 e. The molecule has 1 N–H and O–H groups in total. The number of halogens is 2. The van der Waals surface area contributed by atoms with Gasteiger partial charge in [0.1, 0.15) is 5.82 Å². The minimum atomic E-state index is -0.181. The van der Waals surface area contributed by atoms with Crippen molar-refractivity contribution in [2.24, 2.45) is 0 Å². The Balaban J connectivity index is 2.17. The van der Waals surface area contributed by atoms with E-state index in [9.17, 15) is 4.39 Å². The highest BCUT2D eigenvalue weighted by atomic mass is 35.5. The van der Waals surface area contributed by atoms with Crippen molar-refractivity contribution in [3.63, 3.8) is 0 Å². The van der Waals surface area contributed by atoms with E-state index in [0.717, 1.165) is 23.6 Å². The molecular weight excluding hydrogens is 285 g/mol. The molecule has 0 aliphatic rings. The van der Waals surface area contributed by atoms with Crippen LogP contribution in [-0.2, 0) is 6.42 Å². The summed E-state index contributed by atoms with van der Waals surface area (Å²) < 4.78 is 13.4. The minimum Gasteiger partial charge on any atom is -0.314 e. The number of rotatable bonds is 6. The monoisotopic (exact) mass is 305 g/mol. The van der Waals surface area contributed by atoms with Gasteiger partial charge in [0.25, 0.3) is 0 Å². The van der Waals surface area contributed by atoms with Gasteiger partial charge in [-0.05, 0) is 41.8 Å². The Bertz CT molecular complexity index is 566. The fourth-order valence-electron chi connectivity index (χ4n) is 2.37. The largest absolute Gasteiger partial charge is 0.314 e. The van der Waals surface area contributed by atoms with E-state index < -0.39 is 0 Å². The first kappa shape index (κ1) is 16.0. The predicted molar refractivity (Wildman–Crippen MR) is 87.4 cm³/mol. The van der Waals surface area contributed by atoms with Gasteiger partial charge in [-0.2, -0.15) is 0 Å². The summed E-state index contributed by atoms with van der Waals surface area (Å²) in [5.74, 6) is 0.116. The van der Waals surface area contributed by atoms with Gasteiger partial charge in [-0.25, -0.2) is 4.39 Å². The Hall–Kier alpha value is -1.38. The molecule has 3 heteroatoms. The summed E-state index contributed by atoms with van der Waals surface area (Å²) in [6.45, 7) is 5.11. The second-order valence-corrected chi connectivity index (χ2v) is 6.08. The molecule has 0 saturated carbocycles. The molecule has 0 aliphatic heterocycles. The Morgan fingerprint density at radius 3 is 2.43 bits per heavy atom. The Labute approximate surface area is 131 Å². The van der Waals surface area contributed by atoms with Gasteiger partial charge in [0, 0.05) is 23.5 Å². The van der Waals surface area contributed by atoms with Gasteiger partial charge < -0.3 is 5.32 Å². The number of hydrogen-bond acceptors (Lipinski definition) is 1. The Morgan fingerprint density at radius 2 is 1.81 bits per heavy atom. The maximum absolute atomic E-state index is 13.4. The van der Waals surface area contributed by atoms with E-state index in [1.54, 1.807) is 12.1 Å². The third-order valence-electron chi connectivity index (χ3n) is 3.49. The first-order valence-corrected chi connectivity index (χ1v) is 7.65. The standard InChI is InChI=1S/C18H21ClFN/c1-13(2)21-12-16(15-6-8-17(19)9-7-15)10-14-4-3-5-18(20)11-14/h3-9,11,13,16,21H,10,12H2,1-2H3. The van der Waals surface area contributed by atoms with Gasteiger partial charge in [0.2, 0.25) is 0 Å². The molecule has 0 saturated heterocycles. The van der Waals surface area contributed by atoms with Crippen molar-refractivity contribution in [3.8, 4) is 0 Å². The first-order chi connectivity index (χ1) is 10.0. The van der Waals surface area contributed by atoms with Crippen molar-refractivity contribution in [2.75, 3.05) is 6.54 Å². The predicted octanol–water partition coefficient (Wildman–Crippen LogP) is 4.80. The maximum atomic E-state index is 13.4. The molecule has 2 rings (SSSR count). The minimum absolute atomic E-state index is 0.181. The summed E-state index contributed by atoms with van der Waals surface area (Å²) >= 11 is 5.96. The summed E-state index contributed by atoms with van der Waals surface area (Å²) in [5, 5.41) is 4.20. The summed E-state index contributed by atoms with van der Waals surface area (Å²) in [6.07, 6.45) is 0.805. The van der Waals surface area contributed by atoms with Crippen LogP contribution < -0.4 is 5.32 Å². The van der Waals surface area contributed by atoms with E-state index in [2.05, 4.69) is 19.2 Å². The lowest BCUT2D eigenvalue weighted by Crippen LogP contribution is -2.29. The van der Waals surface area contributed by atoms with E-state index in [1.165, 1.54) is 11.6 Å². The molecule has 0 spiro atoms. The lowest BCUT2D eigenvalue weighted by Gasteiger charge is -2.20. The Kier molecular flexibility index (Phi) is 5.77. The van der Waals surface area contributed by atoms with E-state index >= 15 is 0 Å². The van der Waals surface area contributed by atoms with E-state index in [4.69, 9.17) is 11.6 Å². The summed E-state index contributed by atoms with van der Waals surface area (Å²) in [4.78, 5) is 0. The topological polar surface area (TPSA) is 12.0 Å². The zero-order valence-corrected chi connectivity index (χ0v) is 13.2. The van der Waals surface area contributed by atoms with E-state index in [-0.39, 0.29) is 5.82 Å². The summed E-state index contributed by atoms with van der Waals surface area (Å²) in [6, 6.07) is 15.2. The fourth-order valence-corrected chi connectivity index (χ4v) is 2.50. The molecule has 112 valence electrons. The highest BCUT2D eigenvalue weighted by Crippen LogP contribution is 2.23. The molecule has 0 radical (unpaired) electrons. The third kappa shape index (κ3) is 5.14. The molecule has 0 fully saturated rings. The van der Waals surface area contributed by atoms with Crippen LogP contribution in [0.4, 0.5) is 4.39 Å². The van der Waals surface area contributed by atoms with Crippen LogP contribution in [0.25, 0.3) is 0 Å². The van der Waals surface area contributed by atoms with Crippen LogP contribution >= 0.6 is 11.6 Å². The van der Waals surface area contributed by atoms with Gasteiger partial charge in [0.05, 0.1) is 0 Å². The normalized spacial score (nSPS) is 12.6. The van der Waals surface area contributed by atoms with Crippen molar-refractivity contribution in [1.82, 2.24) is 5.32 Å².